The normalized spacial score (nSPS) is 9.17. The Kier molecular flexibility index (Phi) is 3.48. The number of nitrogens with one attached hydrogen (secondary N) is 1. The summed E-state index contributed by atoms with van der Waals surface area (Å²) in [4.78, 5) is 0. The van der Waals surface area contributed by atoms with Crippen LogP contribution in [0.3, 0.4) is 0 Å². The maximum Gasteiger partial charge on any atom is 0.569 e. The van der Waals surface area contributed by atoms with Crippen LogP contribution in [0.5, 0.6) is 5.75 Å². The fraction of sp³-hybridized carbons (Fsp3) is 0.250. The SMILES string of the molecule is CCNc1ccc(O[B]O)cc1. The van der Waals surface area contributed by atoms with E-state index in [0.717, 1.165) is 12.2 Å². The van der Waals surface area contributed by atoms with Crippen molar-refractivity contribution in [1.82, 2.24) is 0 Å². The highest BCUT2D eigenvalue weighted by molar-refractivity contribution is 6.17. The summed E-state index contributed by atoms with van der Waals surface area (Å²) >= 11 is 0. The largest absolute Gasteiger partial charge is 0.569 e. The Labute approximate surface area is 72.7 Å². The first kappa shape index (κ1) is 8.94. The van der Waals surface area contributed by atoms with E-state index in [9.17, 15) is 0 Å². The fourth-order valence-corrected chi connectivity index (χ4v) is 0.916. The Balaban J connectivity index is 2.58. The number of hydrogen-bond donors (Lipinski definition) is 2. The van der Waals surface area contributed by atoms with Crippen molar-refractivity contribution < 1.29 is 9.68 Å². The number of benzene rings is 1. The first-order valence-corrected chi connectivity index (χ1v) is 3.83. The molecular formula is C8H11BNO2. The average molecular weight is 164 g/mol. The molecule has 4 heteroatoms. The van der Waals surface area contributed by atoms with Crippen molar-refractivity contribution in [1.29, 1.82) is 0 Å². The molecular weight excluding hydrogens is 153 g/mol. The fourth-order valence-electron chi connectivity index (χ4n) is 0.916. The van der Waals surface area contributed by atoms with Gasteiger partial charge in [0.05, 0.1) is 0 Å². The van der Waals surface area contributed by atoms with E-state index >= 15 is 0 Å². The predicted octanol–water partition coefficient (Wildman–Crippen LogP) is 1.02. The van der Waals surface area contributed by atoms with Crippen LogP contribution in [0.15, 0.2) is 24.3 Å². The lowest BCUT2D eigenvalue weighted by molar-refractivity contribution is 0.454. The third-order valence-corrected chi connectivity index (χ3v) is 1.42. The second kappa shape index (κ2) is 4.67. The monoisotopic (exact) mass is 164 g/mol. The molecule has 0 heterocycles. The van der Waals surface area contributed by atoms with Gasteiger partial charge < -0.3 is 15.0 Å². The zero-order valence-electron chi connectivity index (χ0n) is 6.95. The quantitative estimate of drug-likeness (QED) is 0.652. The minimum Gasteiger partial charge on any atom is -0.537 e. The van der Waals surface area contributed by atoms with Gasteiger partial charge in [0, 0.05) is 12.2 Å². The maximum absolute atomic E-state index is 8.33. The van der Waals surface area contributed by atoms with E-state index in [2.05, 4.69) is 5.32 Å². The highest BCUT2D eigenvalue weighted by Gasteiger charge is 1.93. The van der Waals surface area contributed by atoms with Crippen LogP contribution in [0.1, 0.15) is 6.92 Å². The van der Waals surface area contributed by atoms with Crippen LogP contribution >= 0.6 is 0 Å². The van der Waals surface area contributed by atoms with Crippen LogP contribution in [0.2, 0.25) is 0 Å². The molecule has 0 atom stereocenters. The summed E-state index contributed by atoms with van der Waals surface area (Å²) in [6.45, 7) is 2.93. The maximum atomic E-state index is 8.33. The van der Waals surface area contributed by atoms with Crippen molar-refractivity contribution in [3.05, 3.63) is 24.3 Å². The third-order valence-electron chi connectivity index (χ3n) is 1.42. The van der Waals surface area contributed by atoms with E-state index in [1.54, 1.807) is 12.1 Å². The molecule has 0 bridgehead atoms. The first-order valence-electron chi connectivity index (χ1n) is 3.83. The van der Waals surface area contributed by atoms with Gasteiger partial charge in [-0.1, -0.05) is 0 Å². The number of rotatable bonds is 4. The highest BCUT2D eigenvalue weighted by Crippen LogP contribution is 2.14. The summed E-state index contributed by atoms with van der Waals surface area (Å²) in [7, 11) is 0.669. The molecule has 12 heavy (non-hydrogen) atoms. The van der Waals surface area contributed by atoms with Gasteiger partial charge in [-0.2, -0.15) is 0 Å². The molecule has 0 saturated heterocycles. The molecule has 2 N–H and O–H groups in total. The third kappa shape index (κ3) is 2.47. The molecule has 0 aliphatic rings. The van der Waals surface area contributed by atoms with Crippen molar-refractivity contribution in [3.8, 4) is 5.75 Å². The van der Waals surface area contributed by atoms with Gasteiger partial charge in [0.25, 0.3) is 0 Å². The van der Waals surface area contributed by atoms with Gasteiger partial charge >= 0.3 is 7.69 Å². The van der Waals surface area contributed by atoms with Crippen molar-refractivity contribution >= 4 is 13.4 Å². The van der Waals surface area contributed by atoms with E-state index in [1.807, 2.05) is 19.1 Å². The summed E-state index contributed by atoms with van der Waals surface area (Å²) in [5.41, 5.74) is 1.04. The summed E-state index contributed by atoms with van der Waals surface area (Å²) in [6.07, 6.45) is 0. The van der Waals surface area contributed by atoms with Gasteiger partial charge in [-0.3, -0.25) is 0 Å². The van der Waals surface area contributed by atoms with Crippen LogP contribution < -0.4 is 9.97 Å². The van der Waals surface area contributed by atoms with Crippen molar-refractivity contribution in [2.45, 2.75) is 6.92 Å². The van der Waals surface area contributed by atoms with Crippen LogP contribution in [0, 0.1) is 0 Å². The topological polar surface area (TPSA) is 41.5 Å². The Morgan fingerprint density at radius 3 is 2.58 bits per heavy atom. The lowest BCUT2D eigenvalue weighted by Crippen LogP contribution is -2.00. The molecule has 1 radical (unpaired) electrons. The van der Waals surface area contributed by atoms with Gasteiger partial charge in [-0.25, -0.2) is 0 Å². The van der Waals surface area contributed by atoms with Gasteiger partial charge in [-0.05, 0) is 31.2 Å². The van der Waals surface area contributed by atoms with Crippen LogP contribution in [0.25, 0.3) is 0 Å². The molecule has 1 aromatic carbocycles. The molecule has 0 saturated carbocycles. The van der Waals surface area contributed by atoms with Crippen LogP contribution in [-0.2, 0) is 0 Å². The highest BCUT2D eigenvalue weighted by atomic mass is 16.5. The Morgan fingerprint density at radius 1 is 1.42 bits per heavy atom. The van der Waals surface area contributed by atoms with E-state index in [-0.39, 0.29) is 0 Å². The van der Waals surface area contributed by atoms with Crippen LogP contribution in [0.4, 0.5) is 5.69 Å². The Morgan fingerprint density at radius 2 is 2.08 bits per heavy atom. The van der Waals surface area contributed by atoms with Crippen molar-refractivity contribution in [2.24, 2.45) is 0 Å². The molecule has 0 aliphatic carbocycles. The van der Waals surface area contributed by atoms with Crippen LogP contribution in [-0.4, -0.2) is 19.3 Å². The predicted molar refractivity (Wildman–Crippen MR) is 49.2 cm³/mol. The molecule has 1 aromatic rings. The van der Waals surface area contributed by atoms with E-state index in [1.165, 1.54) is 0 Å². The molecule has 63 valence electrons. The molecule has 0 aromatic heterocycles. The minimum absolute atomic E-state index is 0.624. The zero-order valence-corrected chi connectivity index (χ0v) is 6.95. The molecule has 0 amide bonds. The van der Waals surface area contributed by atoms with Gasteiger partial charge in [0.2, 0.25) is 0 Å². The lowest BCUT2D eigenvalue weighted by atomic mass is 10.3. The van der Waals surface area contributed by atoms with Gasteiger partial charge in [0.15, 0.2) is 0 Å². The smallest absolute Gasteiger partial charge is 0.537 e. The summed E-state index contributed by atoms with van der Waals surface area (Å²) in [5.74, 6) is 0.624. The van der Waals surface area contributed by atoms with Gasteiger partial charge in [0.1, 0.15) is 5.75 Å². The van der Waals surface area contributed by atoms with Gasteiger partial charge in [-0.15, -0.1) is 0 Å². The molecule has 3 nitrogen and oxygen atoms in total. The molecule has 1 rings (SSSR count). The summed E-state index contributed by atoms with van der Waals surface area (Å²) in [5, 5.41) is 11.5. The zero-order chi connectivity index (χ0) is 8.81. The standard InChI is InChI=1S/C8H11BNO2/c1-2-10-7-3-5-8(6-4-7)12-9-11/h3-6,10-11H,2H2,1H3. The average Bonchev–Trinajstić information content (AvgIpc) is 2.09. The molecule has 0 aliphatic heterocycles. The van der Waals surface area contributed by atoms with E-state index < -0.39 is 0 Å². The summed E-state index contributed by atoms with van der Waals surface area (Å²) < 4.78 is 4.74. The van der Waals surface area contributed by atoms with E-state index in [4.69, 9.17) is 9.68 Å². The molecule has 0 fully saturated rings. The number of anilines is 1. The Hall–Kier alpha value is -1.16. The molecule has 0 unspecified atom stereocenters. The van der Waals surface area contributed by atoms with Crippen molar-refractivity contribution in [3.63, 3.8) is 0 Å². The van der Waals surface area contributed by atoms with E-state index in [0.29, 0.717) is 13.4 Å². The van der Waals surface area contributed by atoms with Crippen molar-refractivity contribution in [2.75, 3.05) is 11.9 Å². The minimum atomic E-state index is 0.624. The Bertz CT molecular complexity index is 200. The second-order valence-electron chi connectivity index (χ2n) is 2.28. The number of hydrogen-bond acceptors (Lipinski definition) is 3. The lowest BCUT2D eigenvalue weighted by Gasteiger charge is -2.04. The molecule has 0 spiro atoms. The summed E-state index contributed by atoms with van der Waals surface area (Å²) in [6, 6.07) is 7.35. The second-order valence-corrected chi connectivity index (χ2v) is 2.28. The first-order chi connectivity index (χ1) is 5.86.